The minimum Gasteiger partial charge on any atom is -0.0958 e. The summed E-state index contributed by atoms with van der Waals surface area (Å²) in [6.07, 6.45) is 11.5. The Bertz CT molecular complexity index is 324. The van der Waals surface area contributed by atoms with E-state index in [1.807, 2.05) is 0 Å². The molecule has 0 spiro atoms. The van der Waals surface area contributed by atoms with Crippen molar-refractivity contribution >= 4 is 0 Å². The van der Waals surface area contributed by atoms with E-state index in [0.717, 1.165) is 12.8 Å². The molecule has 1 aliphatic rings. The van der Waals surface area contributed by atoms with E-state index in [4.69, 9.17) is 0 Å². The van der Waals surface area contributed by atoms with Gasteiger partial charge in [-0.15, -0.1) is 0 Å². The highest BCUT2D eigenvalue weighted by Crippen LogP contribution is 2.23. The van der Waals surface area contributed by atoms with Gasteiger partial charge in [0.25, 0.3) is 0 Å². The van der Waals surface area contributed by atoms with Gasteiger partial charge < -0.3 is 0 Å². The lowest BCUT2D eigenvalue weighted by Gasteiger charge is -2.12. The van der Waals surface area contributed by atoms with Crippen molar-refractivity contribution in [3.63, 3.8) is 0 Å². The Morgan fingerprint density at radius 2 is 2.27 bits per heavy atom. The van der Waals surface area contributed by atoms with E-state index < -0.39 is 0 Å². The molecule has 0 aromatic heterocycles. The van der Waals surface area contributed by atoms with Crippen LogP contribution in [0.15, 0.2) is 47.1 Å². The highest BCUT2D eigenvalue weighted by molar-refractivity contribution is 5.32. The molecule has 0 fully saturated rings. The van der Waals surface area contributed by atoms with Crippen molar-refractivity contribution < 1.29 is 0 Å². The number of hydrogen-bond donors (Lipinski definition) is 0. The van der Waals surface area contributed by atoms with Crippen molar-refractivity contribution in [1.82, 2.24) is 0 Å². The van der Waals surface area contributed by atoms with Crippen LogP contribution in [0.3, 0.4) is 0 Å². The van der Waals surface area contributed by atoms with E-state index >= 15 is 0 Å². The van der Waals surface area contributed by atoms with Gasteiger partial charge in [-0.05, 0) is 45.1 Å². The van der Waals surface area contributed by atoms with E-state index in [2.05, 4.69) is 45.6 Å². The Morgan fingerprint density at radius 1 is 1.53 bits per heavy atom. The molecule has 0 unspecified atom stereocenters. The smallest absolute Gasteiger partial charge is 0.0127 e. The molecule has 0 saturated carbocycles. The quantitative estimate of drug-likeness (QED) is 0.565. The van der Waals surface area contributed by atoms with Crippen molar-refractivity contribution in [3.05, 3.63) is 47.1 Å². The summed E-state index contributed by atoms with van der Waals surface area (Å²) in [5.41, 5.74) is 5.66. The van der Waals surface area contributed by atoms with Crippen molar-refractivity contribution in [3.8, 4) is 0 Å². The predicted molar refractivity (Wildman–Crippen MR) is 68.9 cm³/mol. The Balaban J connectivity index is 2.69. The maximum atomic E-state index is 4.01. The van der Waals surface area contributed by atoms with Crippen LogP contribution in [0.2, 0.25) is 0 Å². The molecule has 1 rings (SSSR count). The molecule has 15 heavy (non-hydrogen) atoms. The molecule has 0 bridgehead atoms. The van der Waals surface area contributed by atoms with Crippen LogP contribution < -0.4 is 0 Å². The first-order valence-electron chi connectivity index (χ1n) is 5.85. The lowest BCUT2D eigenvalue weighted by molar-refractivity contribution is 0.897. The Morgan fingerprint density at radius 3 is 2.80 bits per heavy atom. The van der Waals surface area contributed by atoms with Crippen LogP contribution in [0.1, 0.15) is 46.5 Å². The SMILES string of the molecule is C=C(C)C(=CCC1=C(C)C=CCC1)CC. The van der Waals surface area contributed by atoms with Crippen LogP contribution >= 0.6 is 0 Å². The van der Waals surface area contributed by atoms with Crippen LogP contribution in [-0.4, -0.2) is 0 Å². The fourth-order valence-corrected chi connectivity index (χ4v) is 1.96. The average Bonchev–Trinajstić information content (AvgIpc) is 2.21. The maximum Gasteiger partial charge on any atom is -0.0127 e. The monoisotopic (exact) mass is 202 g/mol. The average molecular weight is 202 g/mol. The van der Waals surface area contributed by atoms with E-state index in [9.17, 15) is 0 Å². The summed E-state index contributed by atoms with van der Waals surface area (Å²) in [7, 11) is 0. The maximum absolute atomic E-state index is 4.01. The Hall–Kier alpha value is -1.04. The molecule has 0 atom stereocenters. The highest BCUT2D eigenvalue weighted by Gasteiger charge is 2.03. The first kappa shape index (κ1) is 12.0. The lowest BCUT2D eigenvalue weighted by Crippen LogP contribution is -1.92. The zero-order valence-corrected chi connectivity index (χ0v) is 10.3. The molecule has 0 aromatic rings. The number of rotatable bonds is 4. The largest absolute Gasteiger partial charge is 0.0958 e. The molecule has 82 valence electrons. The van der Waals surface area contributed by atoms with Gasteiger partial charge in [0.15, 0.2) is 0 Å². The molecule has 0 aromatic carbocycles. The molecule has 0 radical (unpaired) electrons. The molecular weight excluding hydrogens is 180 g/mol. The van der Waals surface area contributed by atoms with Crippen molar-refractivity contribution in [2.45, 2.75) is 46.5 Å². The van der Waals surface area contributed by atoms with Crippen LogP contribution in [0.25, 0.3) is 0 Å². The molecule has 0 heterocycles. The fraction of sp³-hybridized carbons (Fsp3) is 0.467. The third-order valence-corrected chi connectivity index (χ3v) is 3.06. The summed E-state index contributed by atoms with van der Waals surface area (Å²) < 4.78 is 0. The van der Waals surface area contributed by atoms with Gasteiger partial charge in [0.2, 0.25) is 0 Å². The van der Waals surface area contributed by atoms with Gasteiger partial charge in [0.1, 0.15) is 0 Å². The van der Waals surface area contributed by atoms with Gasteiger partial charge in [-0.25, -0.2) is 0 Å². The van der Waals surface area contributed by atoms with Gasteiger partial charge in [0.05, 0.1) is 0 Å². The van der Waals surface area contributed by atoms with E-state index in [0.29, 0.717) is 0 Å². The third kappa shape index (κ3) is 3.54. The summed E-state index contributed by atoms with van der Waals surface area (Å²) in [5, 5.41) is 0. The van der Waals surface area contributed by atoms with Crippen molar-refractivity contribution in [1.29, 1.82) is 0 Å². The molecule has 0 saturated heterocycles. The van der Waals surface area contributed by atoms with E-state index in [-0.39, 0.29) is 0 Å². The summed E-state index contributed by atoms with van der Waals surface area (Å²) in [4.78, 5) is 0. The van der Waals surface area contributed by atoms with Crippen molar-refractivity contribution in [2.75, 3.05) is 0 Å². The zero-order chi connectivity index (χ0) is 11.3. The van der Waals surface area contributed by atoms with Gasteiger partial charge in [-0.2, -0.15) is 0 Å². The van der Waals surface area contributed by atoms with Crippen LogP contribution in [0, 0.1) is 0 Å². The summed E-state index contributed by atoms with van der Waals surface area (Å²) >= 11 is 0. The Labute approximate surface area is 94.1 Å². The predicted octanol–water partition coefficient (Wildman–Crippen LogP) is 4.96. The van der Waals surface area contributed by atoms with Gasteiger partial charge in [0, 0.05) is 0 Å². The minimum atomic E-state index is 1.09. The molecule has 0 amide bonds. The molecule has 0 aliphatic heterocycles. The second-order valence-corrected chi connectivity index (χ2v) is 4.29. The number of hydrogen-bond acceptors (Lipinski definition) is 0. The second kappa shape index (κ2) is 5.75. The molecule has 1 aliphatic carbocycles. The Kier molecular flexibility index (Phi) is 4.61. The first-order chi connectivity index (χ1) is 7.15. The zero-order valence-electron chi connectivity index (χ0n) is 10.3. The standard InChI is InChI=1S/C15H22/c1-5-14(12(2)3)10-11-15-9-7-6-8-13(15)4/h6,8,10H,2,5,7,9,11H2,1,3-4H3. The van der Waals surface area contributed by atoms with Crippen molar-refractivity contribution in [2.24, 2.45) is 0 Å². The topological polar surface area (TPSA) is 0 Å². The van der Waals surface area contributed by atoms with Crippen LogP contribution in [0.5, 0.6) is 0 Å². The molecule has 0 N–H and O–H groups in total. The third-order valence-electron chi connectivity index (χ3n) is 3.06. The molecule has 0 heteroatoms. The van der Waals surface area contributed by atoms with Gasteiger partial charge in [-0.1, -0.05) is 48.5 Å². The van der Waals surface area contributed by atoms with Crippen LogP contribution in [0.4, 0.5) is 0 Å². The normalized spacial score (nSPS) is 17.1. The second-order valence-electron chi connectivity index (χ2n) is 4.29. The van der Waals surface area contributed by atoms with Gasteiger partial charge in [-0.3, -0.25) is 0 Å². The lowest BCUT2D eigenvalue weighted by atomic mass is 9.94. The van der Waals surface area contributed by atoms with Gasteiger partial charge >= 0.3 is 0 Å². The van der Waals surface area contributed by atoms with E-state index in [1.165, 1.54) is 29.6 Å². The fourth-order valence-electron chi connectivity index (χ4n) is 1.96. The highest BCUT2D eigenvalue weighted by atomic mass is 14.1. The van der Waals surface area contributed by atoms with Crippen LogP contribution in [-0.2, 0) is 0 Å². The summed E-state index contributed by atoms with van der Waals surface area (Å²) in [5.74, 6) is 0. The summed E-state index contributed by atoms with van der Waals surface area (Å²) in [6, 6.07) is 0. The van der Waals surface area contributed by atoms with E-state index in [1.54, 1.807) is 5.57 Å². The number of allylic oxidation sites excluding steroid dienone is 7. The molecule has 0 nitrogen and oxygen atoms in total. The summed E-state index contributed by atoms with van der Waals surface area (Å²) in [6.45, 7) is 10.5. The minimum absolute atomic E-state index is 1.09. The molecular formula is C15H22. The first-order valence-corrected chi connectivity index (χ1v) is 5.85.